The Morgan fingerprint density at radius 1 is 1.31 bits per heavy atom. The number of nitrogens with zero attached hydrogens (tertiary/aromatic N) is 1. The summed E-state index contributed by atoms with van der Waals surface area (Å²) >= 11 is 0. The van der Waals surface area contributed by atoms with Crippen LogP contribution in [0, 0.1) is 11.7 Å². The van der Waals surface area contributed by atoms with Gasteiger partial charge in [-0.05, 0) is 55.7 Å². The quantitative estimate of drug-likeness (QED) is 0.708. The van der Waals surface area contributed by atoms with Crippen LogP contribution in [0.15, 0.2) is 60.6 Å². The highest BCUT2D eigenvalue weighted by molar-refractivity contribution is 6.02. The lowest BCUT2D eigenvalue weighted by Gasteiger charge is -2.37. The number of rotatable bonds is 8. The lowest BCUT2D eigenvalue weighted by molar-refractivity contribution is -0.165. The molecule has 1 aromatic carbocycles. The number of amides is 1. The van der Waals surface area contributed by atoms with Gasteiger partial charge in [0.15, 0.2) is 5.76 Å². The van der Waals surface area contributed by atoms with E-state index in [1.807, 2.05) is 6.92 Å². The summed E-state index contributed by atoms with van der Waals surface area (Å²) in [5, 5.41) is 12.1. The van der Waals surface area contributed by atoms with Gasteiger partial charge in [0.2, 0.25) is 6.29 Å². The Bertz CT molecular complexity index is 826. The van der Waals surface area contributed by atoms with Crippen molar-refractivity contribution in [2.75, 3.05) is 18.5 Å². The lowest BCUT2D eigenvalue weighted by atomic mass is 9.80. The summed E-state index contributed by atoms with van der Waals surface area (Å²) in [6, 6.07) is 9.65. The number of aliphatic hydroxyl groups excluding tert-OH is 1. The number of aliphatic hydroxyl groups is 1. The Kier molecular flexibility index (Phi) is 7.32. The number of pyridine rings is 1. The fourth-order valence-corrected chi connectivity index (χ4v) is 3.46. The summed E-state index contributed by atoms with van der Waals surface area (Å²) in [6.45, 7) is 2.31. The zero-order valence-corrected chi connectivity index (χ0v) is 16.3. The van der Waals surface area contributed by atoms with Gasteiger partial charge < -0.3 is 19.9 Å². The van der Waals surface area contributed by atoms with Gasteiger partial charge in [-0.3, -0.25) is 9.78 Å². The van der Waals surface area contributed by atoms with Crippen LogP contribution in [0.5, 0.6) is 0 Å². The van der Waals surface area contributed by atoms with Crippen molar-refractivity contribution in [1.82, 2.24) is 4.98 Å². The standard InChI is InChI=1S/C22H25FN2O4/c1-2-28-22-18(6-4-12-26)19(15-7-9-16(23)10-8-15)13-20(29-22)21(27)25-17-5-3-11-24-14-17/h3,5,7-11,13-14,18-19,22,26H,2,4,6,12H2,1H3,(H,25,27)/t18-,19-,22-/m0/s1. The molecule has 0 saturated carbocycles. The second kappa shape index (κ2) is 10.1. The monoisotopic (exact) mass is 400 g/mol. The lowest BCUT2D eigenvalue weighted by Crippen LogP contribution is -2.37. The van der Waals surface area contributed by atoms with E-state index in [1.165, 1.54) is 12.1 Å². The summed E-state index contributed by atoms with van der Waals surface area (Å²) in [7, 11) is 0. The van der Waals surface area contributed by atoms with E-state index in [0.717, 1.165) is 5.56 Å². The summed E-state index contributed by atoms with van der Waals surface area (Å²) in [5.74, 6) is -0.936. The maximum absolute atomic E-state index is 13.4. The van der Waals surface area contributed by atoms with Gasteiger partial charge in [0, 0.05) is 31.2 Å². The third-order valence-corrected chi connectivity index (χ3v) is 4.81. The minimum atomic E-state index is -0.652. The molecule has 0 spiro atoms. The molecule has 1 aliphatic rings. The van der Waals surface area contributed by atoms with Crippen LogP contribution in [0.2, 0.25) is 0 Å². The first-order chi connectivity index (χ1) is 14.1. The Hall–Kier alpha value is -2.77. The number of allylic oxidation sites excluding steroid dienone is 1. The molecule has 0 bridgehead atoms. The molecule has 3 rings (SSSR count). The van der Waals surface area contributed by atoms with Crippen LogP contribution < -0.4 is 5.32 Å². The largest absolute Gasteiger partial charge is 0.459 e. The summed E-state index contributed by atoms with van der Waals surface area (Å²) in [6.07, 6.45) is 5.46. The van der Waals surface area contributed by atoms with Crippen LogP contribution in [-0.4, -0.2) is 35.5 Å². The van der Waals surface area contributed by atoms with Gasteiger partial charge in [0.25, 0.3) is 5.91 Å². The average molecular weight is 400 g/mol. The normalized spacial score (nSPS) is 21.2. The number of aromatic nitrogens is 1. The number of carbonyl (C=O) groups is 1. The van der Waals surface area contributed by atoms with Crippen LogP contribution in [-0.2, 0) is 14.3 Å². The Morgan fingerprint density at radius 2 is 2.10 bits per heavy atom. The molecule has 154 valence electrons. The Labute approximate surface area is 169 Å². The van der Waals surface area contributed by atoms with Crippen molar-refractivity contribution in [1.29, 1.82) is 0 Å². The fourth-order valence-electron chi connectivity index (χ4n) is 3.46. The van der Waals surface area contributed by atoms with E-state index in [2.05, 4.69) is 10.3 Å². The number of nitrogens with one attached hydrogen (secondary N) is 1. The maximum atomic E-state index is 13.4. The zero-order chi connectivity index (χ0) is 20.6. The molecule has 6 nitrogen and oxygen atoms in total. The van der Waals surface area contributed by atoms with Crippen molar-refractivity contribution in [2.45, 2.75) is 32.0 Å². The third kappa shape index (κ3) is 5.40. The number of ether oxygens (including phenoxy) is 2. The fraction of sp³-hybridized carbons (Fsp3) is 0.364. The molecule has 0 unspecified atom stereocenters. The molecule has 7 heteroatoms. The number of anilines is 1. The van der Waals surface area contributed by atoms with Crippen molar-refractivity contribution in [3.63, 3.8) is 0 Å². The van der Waals surface area contributed by atoms with Crippen LogP contribution >= 0.6 is 0 Å². The molecule has 2 heterocycles. The van der Waals surface area contributed by atoms with Crippen molar-refractivity contribution in [3.8, 4) is 0 Å². The van der Waals surface area contributed by atoms with Gasteiger partial charge in [0.1, 0.15) is 5.82 Å². The topological polar surface area (TPSA) is 80.7 Å². The highest BCUT2D eigenvalue weighted by atomic mass is 19.1. The number of benzene rings is 1. The highest BCUT2D eigenvalue weighted by Gasteiger charge is 2.37. The molecule has 1 aromatic heterocycles. The minimum absolute atomic E-state index is 0.0452. The Morgan fingerprint density at radius 3 is 2.76 bits per heavy atom. The average Bonchev–Trinajstić information content (AvgIpc) is 2.74. The summed E-state index contributed by atoms with van der Waals surface area (Å²) in [5.41, 5.74) is 1.41. The third-order valence-electron chi connectivity index (χ3n) is 4.81. The van der Waals surface area contributed by atoms with E-state index in [0.29, 0.717) is 25.1 Å². The van der Waals surface area contributed by atoms with Crippen molar-refractivity contribution in [2.24, 2.45) is 5.92 Å². The summed E-state index contributed by atoms with van der Waals surface area (Å²) < 4.78 is 25.1. The van der Waals surface area contributed by atoms with Crippen LogP contribution in [0.1, 0.15) is 31.2 Å². The van der Waals surface area contributed by atoms with Crippen LogP contribution in [0.4, 0.5) is 10.1 Å². The minimum Gasteiger partial charge on any atom is -0.459 e. The van der Waals surface area contributed by atoms with Crippen molar-refractivity contribution >= 4 is 11.6 Å². The summed E-state index contributed by atoms with van der Waals surface area (Å²) in [4.78, 5) is 16.8. The number of halogens is 1. The second-order valence-electron chi connectivity index (χ2n) is 6.78. The van der Waals surface area contributed by atoms with Crippen LogP contribution in [0.25, 0.3) is 0 Å². The molecule has 0 saturated heterocycles. The molecule has 0 radical (unpaired) electrons. The first-order valence-electron chi connectivity index (χ1n) is 9.70. The number of hydrogen-bond acceptors (Lipinski definition) is 5. The second-order valence-corrected chi connectivity index (χ2v) is 6.78. The van der Waals surface area contributed by atoms with Crippen LogP contribution in [0.3, 0.4) is 0 Å². The zero-order valence-electron chi connectivity index (χ0n) is 16.3. The molecule has 0 fully saturated rings. The number of carbonyl (C=O) groups excluding carboxylic acids is 1. The predicted octanol–water partition coefficient (Wildman–Crippen LogP) is 3.61. The van der Waals surface area contributed by atoms with E-state index in [9.17, 15) is 14.3 Å². The molecule has 1 amide bonds. The first-order valence-corrected chi connectivity index (χ1v) is 9.70. The molecule has 29 heavy (non-hydrogen) atoms. The number of hydrogen-bond donors (Lipinski definition) is 2. The SMILES string of the molecule is CCO[C@H]1OC(C(=O)Nc2cccnc2)=C[C@@H](c2ccc(F)cc2)[C@@H]1CCCO. The molecular weight excluding hydrogens is 375 g/mol. The molecule has 2 aromatic rings. The highest BCUT2D eigenvalue weighted by Crippen LogP contribution is 2.39. The Balaban J connectivity index is 1.92. The van der Waals surface area contributed by atoms with Gasteiger partial charge in [0.05, 0.1) is 11.9 Å². The van der Waals surface area contributed by atoms with Gasteiger partial charge in [-0.1, -0.05) is 12.1 Å². The van der Waals surface area contributed by atoms with Gasteiger partial charge in [-0.15, -0.1) is 0 Å². The first kappa shape index (κ1) is 21.0. The van der Waals surface area contributed by atoms with Gasteiger partial charge in [-0.2, -0.15) is 0 Å². The smallest absolute Gasteiger partial charge is 0.290 e. The predicted molar refractivity (Wildman–Crippen MR) is 106 cm³/mol. The molecule has 3 atom stereocenters. The van der Waals surface area contributed by atoms with E-state index >= 15 is 0 Å². The van der Waals surface area contributed by atoms with E-state index < -0.39 is 12.2 Å². The molecule has 2 N–H and O–H groups in total. The van der Waals surface area contributed by atoms with Crippen molar-refractivity contribution in [3.05, 3.63) is 72.0 Å². The van der Waals surface area contributed by atoms with E-state index in [-0.39, 0.29) is 30.0 Å². The van der Waals surface area contributed by atoms with Gasteiger partial charge in [-0.25, -0.2) is 4.39 Å². The maximum Gasteiger partial charge on any atom is 0.290 e. The molecule has 0 aliphatic carbocycles. The van der Waals surface area contributed by atoms with E-state index in [1.54, 1.807) is 42.7 Å². The van der Waals surface area contributed by atoms with E-state index in [4.69, 9.17) is 9.47 Å². The molecular formula is C22H25FN2O4. The molecule has 1 aliphatic heterocycles. The van der Waals surface area contributed by atoms with Crippen molar-refractivity contribution < 1.29 is 23.8 Å². The van der Waals surface area contributed by atoms with Gasteiger partial charge >= 0.3 is 0 Å².